The Bertz CT molecular complexity index is 659. The number of aliphatic hydroxyl groups excluding tert-OH is 1. The van der Waals surface area contributed by atoms with Gasteiger partial charge in [-0.1, -0.05) is 12.1 Å². The average Bonchev–Trinajstić information content (AvgIpc) is 3.08. The molecule has 2 atom stereocenters. The van der Waals surface area contributed by atoms with Gasteiger partial charge in [-0.2, -0.15) is 0 Å². The number of ether oxygens (including phenoxy) is 3. The third kappa shape index (κ3) is 7.34. The van der Waals surface area contributed by atoms with Crippen LogP contribution < -0.4 is 9.64 Å². The molecule has 0 aliphatic carbocycles. The Labute approximate surface area is 162 Å². The second kappa shape index (κ2) is 11.8. The lowest BCUT2D eigenvalue weighted by Gasteiger charge is -2.23. The molecule has 0 aliphatic rings. The Balaban J connectivity index is 2.04. The number of benzene rings is 1. The zero-order valence-corrected chi connectivity index (χ0v) is 16.7. The molecule has 0 bridgehead atoms. The van der Waals surface area contributed by atoms with Crippen LogP contribution in [-0.2, 0) is 22.6 Å². The van der Waals surface area contributed by atoms with E-state index in [0.717, 1.165) is 38.4 Å². The van der Waals surface area contributed by atoms with Crippen molar-refractivity contribution in [2.75, 3.05) is 47.6 Å². The maximum Gasteiger partial charge on any atom is 0.126 e. The van der Waals surface area contributed by atoms with Crippen molar-refractivity contribution in [1.29, 1.82) is 0 Å². The molecule has 2 N–H and O–H groups in total. The van der Waals surface area contributed by atoms with Crippen LogP contribution in [0.2, 0.25) is 0 Å². The molecule has 0 amide bonds. The predicted octanol–water partition coefficient (Wildman–Crippen LogP) is 0.974. The van der Waals surface area contributed by atoms with Crippen molar-refractivity contribution < 1.29 is 24.2 Å². The molecule has 6 nitrogen and oxygen atoms in total. The number of hydrogen-bond acceptors (Lipinski definition) is 4. The summed E-state index contributed by atoms with van der Waals surface area (Å²) in [7, 11) is 5.03. The Hall–Kier alpha value is -1.86. The lowest BCUT2D eigenvalue weighted by Crippen LogP contribution is -3.12. The van der Waals surface area contributed by atoms with Gasteiger partial charge >= 0.3 is 0 Å². The number of rotatable bonds is 13. The second-order valence-electron chi connectivity index (χ2n) is 6.82. The van der Waals surface area contributed by atoms with Crippen molar-refractivity contribution in [2.45, 2.75) is 25.6 Å². The van der Waals surface area contributed by atoms with E-state index in [1.807, 2.05) is 12.1 Å². The summed E-state index contributed by atoms with van der Waals surface area (Å²) in [5.41, 5.74) is 2.45. The fraction of sp³-hybridized carbons (Fsp3) is 0.524. The van der Waals surface area contributed by atoms with Crippen LogP contribution in [0.4, 0.5) is 0 Å². The summed E-state index contributed by atoms with van der Waals surface area (Å²) in [5.74, 6) is 0.871. The van der Waals surface area contributed by atoms with E-state index in [1.54, 1.807) is 21.3 Å². The Morgan fingerprint density at radius 3 is 2.70 bits per heavy atom. The Kier molecular flexibility index (Phi) is 9.35. The first-order chi connectivity index (χ1) is 13.2. The Morgan fingerprint density at radius 2 is 1.96 bits per heavy atom. The van der Waals surface area contributed by atoms with Gasteiger partial charge in [0.25, 0.3) is 0 Å². The molecule has 0 saturated carbocycles. The lowest BCUT2D eigenvalue weighted by molar-refractivity contribution is -0.917. The zero-order chi connectivity index (χ0) is 19.5. The van der Waals surface area contributed by atoms with Gasteiger partial charge in [0, 0.05) is 33.4 Å². The van der Waals surface area contributed by atoms with Crippen LogP contribution in [0.1, 0.15) is 17.7 Å². The van der Waals surface area contributed by atoms with Crippen molar-refractivity contribution in [2.24, 2.45) is 0 Å². The van der Waals surface area contributed by atoms with Gasteiger partial charge in [-0.25, -0.2) is 0 Å². The highest BCUT2D eigenvalue weighted by molar-refractivity contribution is 5.29. The van der Waals surface area contributed by atoms with Crippen LogP contribution in [0.25, 0.3) is 0 Å². The van der Waals surface area contributed by atoms with Crippen LogP contribution in [0.15, 0.2) is 42.6 Å². The van der Waals surface area contributed by atoms with E-state index >= 15 is 0 Å². The molecule has 0 fully saturated rings. The highest BCUT2D eigenvalue weighted by atomic mass is 16.5. The minimum absolute atomic E-state index is 0.360. The van der Waals surface area contributed by atoms with E-state index in [1.165, 1.54) is 16.2 Å². The number of hydrogen-bond donors (Lipinski definition) is 2. The molecule has 6 heteroatoms. The summed E-state index contributed by atoms with van der Waals surface area (Å²) < 4.78 is 17.9. The SMILES string of the molecule is COCCC[NH+](Cc1cccn1Cc1cccc(OC)c1)C[C@H](O)COC. The van der Waals surface area contributed by atoms with E-state index < -0.39 is 6.10 Å². The van der Waals surface area contributed by atoms with E-state index in [9.17, 15) is 5.11 Å². The third-order valence-corrected chi connectivity index (χ3v) is 4.60. The summed E-state index contributed by atoms with van der Waals surface area (Å²) in [5, 5.41) is 10.2. The summed E-state index contributed by atoms with van der Waals surface area (Å²) in [6.07, 6.45) is 2.60. The number of nitrogens with zero attached hydrogens (tertiary/aromatic N) is 1. The molecule has 2 aromatic rings. The molecule has 0 aliphatic heterocycles. The van der Waals surface area contributed by atoms with Crippen LogP contribution in [0.3, 0.4) is 0 Å². The van der Waals surface area contributed by atoms with Gasteiger partial charge in [-0.15, -0.1) is 0 Å². The maximum atomic E-state index is 10.2. The summed E-state index contributed by atoms with van der Waals surface area (Å²) in [6.45, 7) is 4.33. The van der Waals surface area contributed by atoms with E-state index in [-0.39, 0.29) is 0 Å². The van der Waals surface area contributed by atoms with Gasteiger partial charge in [0.2, 0.25) is 0 Å². The first-order valence-electron chi connectivity index (χ1n) is 9.42. The van der Waals surface area contributed by atoms with Gasteiger partial charge in [0.1, 0.15) is 24.9 Å². The van der Waals surface area contributed by atoms with Gasteiger partial charge < -0.3 is 28.8 Å². The van der Waals surface area contributed by atoms with Crippen LogP contribution in [-0.4, -0.2) is 63.4 Å². The number of quaternary nitrogens is 1. The van der Waals surface area contributed by atoms with E-state index in [4.69, 9.17) is 14.2 Å². The molecule has 0 spiro atoms. The van der Waals surface area contributed by atoms with Gasteiger partial charge in [0.05, 0.1) is 32.6 Å². The third-order valence-electron chi connectivity index (χ3n) is 4.60. The molecular formula is C21H33N2O4+. The highest BCUT2D eigenvalue weighted by Crippen LogP contribution is 2.14. The monoisotopic (exact) mass is 377 g/mol. The molecule has 150 valence electrons. The highest BCUT2D eigenvalue weighted by Gasteiger charge is 2.17. The average molecular weight is 378 g/mol. The molecule has 0 saturated heterocycles. The molecule has 1 heterocycles. The fourth-order valence-corrected chi connectivity index (χ4v) is 3.30. The molecule has 0 radical (unpaired) electrons. The molecule has 1 aromatic heterocycles. The van der Waals surface area contributed by atoms with Crippen molar-refractivity contribution in [3.05, 3.63) is 53.9 Å². The number of aliphatic hydroxyl groups is 1. The molecule has 1 aromatic carbocycles. The Morgan fingerprint density at radius 1 is 1.11 bits per heavy atom. The molecule has 2 rings (SSSR count). The van der Waals surface area contributed by atoms with Crippen molar-refractivity contribution in [3.63, 3.8) is 0 Å². The van der Waals surface area contributed by atoms with E-state index in [0.29, 0.717) is 13.2 Å². The number of nitrogens with one attached hydrogen (secondary N) is 1. The normalized spacial score (nSPS) is 13.5. The van der Waals surface area contributed by atoms with Crippen LogP contribution >= 0.6 is 0 Å². The summed E-state index contributed by atoms with van der Waals surface area (Å²) >= 11 is 0. The van der Waals surface area contributed by atoms with Crippen molar-refractivity contribution >= 4 is 0 Å². The van der Waals surface area contributed by atoms with Crippen LogP contribution in [0.5, 0.6) is 5.75 Å². The quantitative estimate of drug-likeness (QED) is 0.511. The summed E-state index contributed by atoms with van der Waals surface area (Å²) in [4.78, 5) is 1.32. The smallest absolute Gasteiger partial charge is 0.126 e. The molecular weight excluding hydrogens is 344 g/mol. The molecule has 27 heavy (non-hydrogen) atoms. The topological polar surface area (TPSA) is 57.3 Å². The van der Waals surface area contributed by atoms with Crippen molar-refractivity contribution in [1.82, 2.24) is 4.57 Å². The van der Waals surface area contributed by atoms with Crippen molar-refractivity contribution in [3.8, 4) is 5.75 Å². The first-order valence-corrected chi connectivity index (χ1v) is 9.42. The predicted molar refractivity (Wildman–Crippen MR) is 105 cm³/mol. The first kappa shape index (κ1) is 21.4. The number of methoxy groups -OCH3 is 3. The summed E-state index contributed by atoms with van der Waals surface area (Å²) in [6, 6.07) is 12.4. The molecule has 1 unspecified atom stereocenters. The minimum Gasteiger partial charge on any atom is -0.497 e. The largest absolute Gasteiger partial charge is 0.497 e. The number of aromatic nitrogens is 1. The fourth-order valence-electron chi connectivity index (χ4n) is 3.30. The maximum absolute atomic E-state index is 10.2. The lowest BCUT2D eigenvalue weighted by atomic mass is 10.2. The van der Waals surface area contributed by atoms with Crippen LogP contribution in [0, 0.1) is 0 Å². The van der Waals surface area contributed by atoms with E-state index in [2.05, 4.69) is 35.0 Å². The minimum atomic E-state index is -0.464. The second-order valence-corrected chi connectivity index (χ2v) is 6.82. The van der Waals surface area contributed by atoms with Gasteiger partial charge in [-0.05, 0) is 29.8 Å². The van der Waals surface area contributed by atoms with Gasteiger partial charge in [0.15, 0.2) is 0 Å². The zero-order valence-electron chi connectivity index (χ0n) is 16.7. The standard InChI is InChI=1S/C21H32N2O4/c1-25-12-6-10-22(16-20(24)17-26-2)15-19-8-5-11-23(19)14-18-7-4-9-21(13-18)27-3/h4-5,7-9,11,13,20,24H,6,10,12,14-17H2,1-3H3/p+1/t20-/m0/s1. The van der Waals surface area contributed by atoms with Gasteiger partial charge in [-0.3, -0.25) is 0 Å².